The quantitative estimate of drug-likeness (QED) is 0.692. The van der Waals surface area contributed by atoms with E-state index in [9.17, 15) is 4.79 Å². The number of nitrogens with one attached hydrogen (secondary N) is 1. The zero-order chi connectivity index (χ0) is 16.3. The fourth-order valence-electron chi connectivity index (χ4n) is 2.60. The number of hydrogen-bond donors (Lipinski definition) is 2. The molecule has 118 valence electrons. The Bertz CT molecular complexity index is 510. The summed E-state index contributed by atoms with van der Waals surface area (Å²) in [5.74, 6) is 0.563. The van der Waals surface area contributed by atoms with Gasteiger partial charge in [-0.3, -0.25) is 5.32 Å². The van der Waals surface area contributed by atoms with Crippen molar-refractivity contribution in [2.75, 3.05) is 5.32 Å². The summed E-state index contributed by atoms with van der Waals surface area (Å²) >= 11 is 6.22. The lowest BCUT2D eigenvalue weighted by atomic mass is 10.2. The van der Waals surface area contributed by atoms with E-state index in [0.29, 0.717) is 16.5 Å². The molecular weight excluding hydrogens is 306 g/mol. The molecule has 0 saturated carbocycles. The van der Waals surface area contributed by atoms with Gasteiger partial charge in [-0.2, -0.15) is 0 Å². The normalized spacial score (nSPS) is 12.1. The number of hydrogen-bond acceptors (Lipinski definition) is 2. The highest BCUT2D eigenvalue weighted by Crippen LogP contribution is 2.44. The highest BCUT2D eigenvalue weighted by molar-refractivity contribution is 6.77. The molecule has 1 aromatic rings. The average molecular weight is 330 g/mol. The number of anilines is 1. The van der Waals surface area contributed by atoms with E-state index in [-0.39, 0.29) is 5.04 Å². The van der Waals surface area contributed by atoms with Gasteiger partial charge in [0.1, 0.15) is 5.75 Å². The number of benzene rings is 1. The molecule has 1 amide bonds. The Morgan fingerprint density at radius 2 is 1.90 bits per heavy atom. The summed E-state index contributed by atoms with van der Waals surface area (Å²) in [5.41, 5.74) is 0.464. The van der Waals surface area contributed by atoms with Gasteiger partial charge in [-0.15, -0.1) is 0 Å². The standard InChI is InChI=1S/C15H24ClNO3Si/c1-6-21(7-2,15(3,4)5)20-13-10-11(17-14(18)19)8-9-12(13)16/h8-10,17H,6-7H2,1-5H3,(H,18,19). The molecule has 0 bridgehead atoms. The van der Waals surface area contributed by atoms with Gasteiger partial charge in [0, 0.05) is 11.8 Å². The van der Waals surface area contributed by atoms with Gasteiger partial charge in [0.2, 0.25) is 0 Å². The second kappa shape index (κ2) is 6.71. The molecule has 0 aliphatic carbocycles. The summed E-state index contributed by atoms with van der Waals surface area (Å²) < 4.78 is 6.39. The van der Waals surface area contributed by atoms with Crippen molar-refractivity contribution in [1.29, 1.82) is 0 Å². The first-order valence-corrected chi connectivity index (χ1v) is 9.83. The summed E-state index contributed by atoms with van der Waals surface area (Å²) in [6.45, 7) is 10.9. The Kier molecular flexibility index (Phi) is 5.70. The van der Waals surface area contributed by atoms with Crippen LogP contribution in [0.2, 0.25) is 22.1 Å². The zero-order valence-corrected chi connectivity index (χ0v) is 15.0. The van der Waals surface area contributed by atoms with Crippen LogP contribution < -0.4 is 9.74 Å². The van der Waals surface area contributed by atoms with Gasteiger partial charge in [0.15, 0.2) is 0 Å². The van der Waals surface area contributed by atoms with E-state index < -0.39 is 14.4 Å². The molecule has 0 heterocycles. The Hall–Kier alpha value is -1.20. The molecule has 0 spiro atoms. The molecular formula is C15H24ClNO3Si. The van der Waals surface area contributed by atoms with Crippen LogP contribution in [0.3, 0.4) is 0 Å². The Morgan fingerprint density at radius 3 is 2.33 bits per heavy atom. The van der Waals surface area contributed by atoms with Crippen LogP contribution in [0.5, 0.6) is 5.75 Å². The van der Waals surface area contributed by atoms with Crippen LogP contribution in [0.25, 0.3) is 0 Å². The molecule has 0 radical (unpaired) electrons. The van der Waals surface area contributed by atoms with Gasteiger partial charge in [-0.1, -0.05) is 46.2 Å². The molecule has 0 aliphatic heterocycles. The first kappa shape index (κ1) is 17.8. The third kappa shape index (κ3) is 4.14. The van der Waals surface area contributed by atoms with Gasteiger partial charge in [0.05, 0.1) is 5.02 Å². The van der Waals surface area contributed by atoms with E-state index in [1.807, 2.05) is 0 Å². The maximum Gasteiger partial charge on any atom is 0.409 e. The lowest BCUT2D eigenvalue weighted by Crippen LogP contribution is -2.49. The van der Waals surface area contributed by atoms with Crippen molar-refractivity contribution in [3.8, 4) is 5.75 Å². The van der Waals surface area contributed by atoms with E-state index in [1.165, 1.54) is 0 Å². The van der Waals surface area contributed by atoms with Crippen molar-refractivity contribution in [3.63, 3.8) is 0 Å². The molecule has 0 fully saturated rings. The number of carbonyl (C=O) groups is 1. The monoisotopic (exact) mass is 329 g/mol. The molecule has 0 unspecified atom stereocenters. The third-order valence-electron chi connectivity index (χ3n) is 4.00. The van der Waals surface area contributed by atoms with Crippen LogP contribution in [0.15, 0.2) is 18.2 Å². The zero-order valence-electron chi connectivity index (χ0n) is 13.3. The molecule has 4 nitrogen and oxygen atoms in total. The van der Waals surface area contributed by atoms with E-state index in [4.69, 9.17) is 21.1 Å². The summed E-state index contributed by atoms with van der Waals surface area (Å²) in [6.07, 6.45) is -1.10. The second-order valence-corrected chi connectivity index (χ2v) is 11.6. The van der Waals surface area contributed by atoms with Crippen LogP contribution in [0.1, 0.15) is 34.6 Å². The Balaban J connectivity index is 3.17. The fraction of sp³-hybridized carbons (Fsp3) is 0.533. The van der Waals surface area contributed by atoms with E-state index >= 15 is 0 Å². The van der Waals surface area contributed by atoms with Crippen LogP contribution >= 0.6 is 11.6 Å². The third-order valence-corrected chi connectivity index (χ3v) is 9.94. The minimum absolute atomic E-state index is 0.0655. The van der Waals surface area contributed by atoms with Crippen molar-refractivity contribution < 1.29 is 14.3 Å². The summed E-state index contributed by atoms with van der Waals surface area (Å²) in [4.78, 5) is 10.7. The topological polar surface area (TPSA) is 58.6 Å². The van der Waals surface area contributed by atoms with Crippen molar-refractivity contribution in [2.24, 2.45) is 0 Å². The van der Waals surface area contributed by atoms with Crippen molar-refractivity contribution in [1.82, 2.24) is 0 Å². The summed E-state index contributed by atoms with van der Waals surface area (Å²) in [5, 5.41) is 11.7. The maximum atomic E-state index is 10.7. The number of carboxylic acid groups (broad SMARTS) is 1. The maximum absolute atomic E-state index is 10.7. The minimum atomic E-state index is -2.04. The smallest absolute Gasteiger partial charge is 0.409 e. The number of halogens is 1. The van der Waals surface area contributed by atoms with Gasteiger partial charge in [0.25, 0.3) is 8.32 Å². The number of rotatable bonds is 5. The largest absolute Gasteiger partial charge is 0.542 e. The minimum Gasteiger partial charge on any atom is -0.542 e. The SMILES string of the molecule is CC[Si](CC)(Oc1cc(NC(=O)O)ccc1Cl)C(C)(C)C. The average Bonchev–Trinajstić information content (AvgIpc) is 2.37. The van der Waals surface area contributed by atoms with E-state index in [2.05, 4.69) is 39.9 Å². The van der Waals surface area contributed by atoms with Crippen LogP contribution in [0, 0.1) is 0 Å². The van der Waals surface area contributed by atoms with Gasteiger partial charge >= 0.3 is 6.09 Å². The fourth-order valence-corrected chi connectivity index (χ4v) is 6.63. The predicted octanol–water partition coefficient (Wildman–Crippen LogP) is 5.59. The van der Waals surface area contributed by atoms with Crippen molar-refractivity contribution in [3.05, 3.63) is 23.2 Å². The van der Waals surface area contributed by atoms with Crippen LogP contribution in [-0.2, 0) is 0 Å². The first-order chi connectivity index (χ1) is 9.65. The Morgan fingerprint density at radius 1 is 1.33 bits per heavy atom. The highest BCUT2D eigenvalue weighted by atomic mass is 35.5. The van der Waals surface area contributed by atoms with Crippen LogP contribution in [0.4, 0.5) is 10.5 Å². The van der Waals surface area contributed by atoms with E-state index in [1.54, 1.807) is 18.2 Å². The van der Waals surface area contributed by atoms with Gasteiger partial charge < -0.3 is 9.53 Å². The first-order valence-electron chi connectivity index (χ1n) is 7.13. The summed E-state index contributed by atoms with van der Waals surface area (Å²) in [6, 6.07) is 6.89. The van der Waals surface area contributed by atoms with E-state index in [0.717, 1.165) is 12.1 Å². The molecule has 0 aliphatic rings. The van der Waals surface area contributed by atoms with Gasteiger partial charge in [-0.25, -0.2) is 4.79 Å². The van der Waals surface area contributed by atoms with Gasteiger partial charge in [-0.05, 0) is 29.3 Å². The molecule has 6 heteroatoms. The molecule has 0 saturated heterocycles. The Labute approximate surface area is 132 Å². The highest BCUT2D eigenvalue weighted by Gasteiger charge is 2.45. The summed E-state index contributed by atoms with van der Waals surface area (Å²) in [7, 11) is -2.04. The molecule has 1 aromatic carbocycles. The molecule has 2 N–H and O–H groups in total. The molecule has 1 rings (SSSR count). The lowest BCUT2D eigenvalue weighted by Gasteiger charge is -2.41. The molecule has 0 aromatic heterocycles. The van der Waals surface area contributed by atoms with Crippen molar-refractivity contribution in [2.45, 2.75) is 51.7 Å². The molecule has 21 heavy (non-hydrogen) atoms. The number of amides is 1. The molecule has 0 atom stereocenters. The second-order valence-electron chi connectivity index (χ2n) is 6.13. The predicted molar refractivity (Wildman–Crippen MR) is 90.2 cm³/mol. The van der Waals surface area contributed by atoms with Crippen LogP contribution in [-0.4, -0.2) is 19.5 Å². The van der Waals surface area contributed by atoms with Crippen molar-refractivity contribution >= 4 is 31.7 Å². The lowest BCUT2D eigenvalue weighted by molar-refractivity contribution is 0.210.